The van der Waals surface area contributed by atoms with Crippen molar-refractivity contribution in [2.45, 2.75) is 402 Å². The molecule has 694 valence electrons. The van der Waals surface area contributed by atoms with Gasteiger partial charge in [0.15, 0.2) is 36.7 Å². The van der Waals surface area contributed by atoms with Crippen LogP contribution in [0.4, 0.5) is 0 Å². The van der Waals surface area contributed by atoms with Crippen LogP contribution in [0.3, 0.4) is 0 Å². The van der Waals surface area contributed by atoms with E-state index in [9.17, 15) is 40.2 Å². The average molecular weight is 1740 g/mol. The van der Waals surface area contributed by atoms with Gasteiger partial charge in [0.05, 0.1) is 98.7 Å². The largest absolute Gasteiger partial charge is 0.462 e. The van der Waals surface area contributed by atoms with Crippen LogP contribution in [0.25, 0.3) is 0 Å². The molecular formula is C95H146O28. The van der Waals surface area contributed by atoms with E-state index in [1.807, 2.05) is 38.2 Å². The highest BCUT2D eigenvalue weighted by Gasteiger charge is 2.63. The molecule has 123 heavy (non-hydrogen) atoms. The molecule has 12 aliphatic heterocycles. The van der Waals surface area contributed by atoms with Crippen LogP contribution in [0.15, 0.2) is 94.2 Å². The van der Waals surface area contributed by atoms with Gasteiger partial charge in [0, 0.05) is 104 Å². The molecule has 0 radical (unpaired) electrons. The molecule has 10 saturated heterocycles. The number of hydrogen-bond donors (Lipinski definition) is 6. The van der Waals surface area contributed by atoms with Crippen LogP contribution in [-0.2, 0) is 104 Å². The molecule has 2 aliphatic carbocycles. The van der Waals surface area contributed by atoms with Crippen LogP contribution in [0, 0.1) is 47.3 Å². The molecule has 4 bridgehead atoms. The molecule has 0 aromatic carbocycles. The maximum Gasteiger partial charge on any atom is 0.316 e. The Bertz CT molecular complexity index is 3810. The number of aliphatic hydroxyl groups is 6. The zero-order valence-corrected chi connectivity index (χ0v) is 76.2. The molecule has 39 atom stereocenters. The van der Waals surface area contributed by atoms with Gasteiger partial charge < -0.3 is 125 Å². The van der Waals surface area contributed by atoms with Crippen LogP contribution in [-0.4, -0.2) is 279 Å². The van der Waals surface area contributed by atoms with Gasteiger partial charge in [-0.15, -0.1) is 0 Å². The Balaban J connectivity index is 0.000000212. The number of rotatable bonds is 15. The van der Waals surface area contributed by atoms with Crippen molar-refractivity contribution in [1.82, 2.24) is 0 Å². The van der Waals surface area contributed by atoms with Crippen LogP contribution in [0.2, 0.25) is 0 Å². The summed E-state index contributed by atoms with van der Waals surface area (Å²) in [6, 6.07) is 0. The first-order valence-electron chi connectivity index (χ1n) is 45.8. The molecule has 2 spiro atoms. The summed E-state index contributed by atoms with van der Waals surface area (Å²) in [5.74, 6) is -4.25. The molecule has 0 aromatic rings. The van der Waals surface area contributed by atoms with Crippen LogP contribution in [0.1, 0.15) is 207 Å². The van der Waals surface area contributed by atoms with E-state index in [1.54, 1.807) is 80.4 Å². The van der Waals surface area contributed by atoms with Crippen molar-refractivity contribution in [3.63, 3.8) is 0 Å². The second-order valence-corrected chi connectivity index (χ2v) is 38.6. The van der Waals surface area contributed by atoms with E-state index in [0.717, 1.165) is 30.4 Å². The first-order valence-corrected chi connectivity index (χ1v) is 45.8. The predicted octanol–water partition coefficient (Wildman–Crippen LogP) is 10.8. The number of aliphatic hydroxyl groups excluding tert-OH is 4. The molecule has 12 heterocycles. The van der Waals surface area contributed by atoms with Crippen molar-refractivity contribution in [3.05, 3.63) is 94.2 Å². The van der Waals surface area contributed by atoms with Crippen molar-refractivity contribution < 1.29 is 135 Å². The SMILES string of the molecule is CCC(C)C1OC2(CCC1C)CC1CC(CC=C(C)C(OC3CC(OC)C(OC4CC(OC)C(O)C(C)O4)C(C)O3)C(C)C=CC=C3COC4C(O)C(C)=CC(C(=O)O1)C34O)O2.COC1CC(OC2C(C)OC(OC3C(C)=CCC4CC(CC5(CCC(C)C(C(C)C)O5)O4)OC(=O)C4C=C(C)C(O)C5OCC(=CC=CC3C)C45O)CC2OC)OC(C)C1O. The fourth-order valence-corrected chi connectivity index (χ4v) is 21.8. The van der Waals surface area contributed by atoms with Crippen LogP contribution >= 0.6 is 0 Å². The number of carbonyl (C=O) groups is 2. The second kappa shape index (κ2) is 40.7. The van der Waals surface area contributed by atoms with Gasteiger partial charge in [-0.1, -0.05) is 123 Å². The Labute approximate surface area is 728 Å². The minimum atomic E-state index is -1.82. The lowest BCUT2D eigenvalue weighted by molar-refractivity contribution is -0.341. The third kappa shape index (κ3) is 20.8. The quantitative estimate of drug-likeness (QED) is 0.0655. The molecule has 39 unspecified atom stereocenters. The van der Waals surface area contributed by atoms with Crippen molar-refractivity contribution in [2.24, 2.45) is 47.3 Å². The summed E-state index contributed by atoms with van der Waals surface area (Å²) in [4.78, 5) is 28.7. The van der Waals surface area contributed by atoms with E-state index in [-0.39, 0.29) is 67.6 Å². The first-order chi connectivity index (χ1) is 58.5. The lowest BCUT2D eigenvalue weighted by atomic mass is 9.71. The van der Waals surface area contributed by atoms with Gasteiger partial charge in [-0.3, -0.25) is 9.59 Å². The zero-order valence-electron chi connectivity index (χ0n) is 76.2. The maximum absolute atomic E-state index is 14.4. The summed E-state index contributed by atoms with van der Waals surface area (Å²) < 4.78 is 128. The van der Waals surface area contributed by atoms with Gasteiger partial charge in [0.25, 0.3) is 0 Å². The molecule has 0 amide bonds. The van der Waals surface area contributed by atoms with Gasteiger partial charge in [-0.2, -0.15) is 0 Å². The normalized spacial score (nSPS) is 47.3. The molecular weight excluding hydrogens is 1590 g/mol. The summed E-state index contributed by atoms with van der Waals surface area (Å²) in [5.41, 5.74) is 0.372. The minimum absolute atomic E-state index is 0.00708. The van der Waals surface area contributed by atoms with Gasteiger partial charge >= 0.3 is 11.9 Å². The van der Waals surface area contributed by atoms with Crippen molar-refractivity contribution >= 4 is 11.9 Å². The Hall–Kier alpha value is -4.10. The smallest absolute Gasteiger partial charge is 0.316 e. The number of fused-ring (bicyclic) bond motifs is 4. The van der Waals surface area contributed by atoms with Gasteiger partial charge in [-0.05, 0) is 138 Å². The molecule has 28 heteroatoms. The standard InChI is InChI=1S/C48H74O14.C47H72O14/c1-11-25(2)43-28(5)17-18-47(62-43)23-34-20-33(61-47)16-15-27(4)42(26(3)13-12-14-32-24-55-45-40(49)29(6)19-35(46(51)58-34)48(32,45)52)59-39-22-37(54-10)44(31(8)57-39)60-38-21-36(53-9)41(50)30(7)56-38;1-24(2)41-27(5)16-17-46(61-41)22-33-19-32(60-46)15-14-26(4)42(25(3)12-11-13-31-23-54-44-39(48)28(6)18-34(45(50)57-33)47(31,44)51)58-38-21-36(53-10)43(30(8)56-38)59-37-20-35(52-9)40(49)29(7)55-37/h12-15,19,25-26,28,30-31,33-45,49-50,52H,11,16-18,20-24H2,1-10H3;11-14,18,24-25,27,29-30,32-44,48-49,51H,15-17,19-23H2,1-10H3. The van der Waals surface area contributed by atoms with E-state index in [2.05, 4.69) is 81.4 Å². The van der Waals surface area contributed by atoms with E-state index in [4.69, 9.17) is 94.7 Å². The molecule has 28 nitrogen and oxygen atoms in total. The Morgan fingerprint density at radius 2 is 0.846 bits per heavy atom. The Kier molecular flexibility index (Phi) is 31.9. The summed E-state index contributed by atoms with van der Waals surface area (Å²) in [7, 11) is 6.45. The van der Waals surface area contributed by atoms with Crippen molar-refractivity contribution in [2.75, 3.05) is 41.7 Å². The van der Waals surface area contributed by atoms with Crippen LogP contribution in [0.5, 0.6) is 0 Å². The number of methoxy groups -OCH3 is 4. The number of esters is 2. The van der Waals surface area contributed by atoms with Gasteiger partial charge in [0.2, 0.25) is 0 Å². The van der Waals surface area contributed by atoms with E-state index < -0.39 is 182 Å². The third-order valence-corrected chi connectivity index (χ3v) is 29.3. The van der Waals surface area contributed by atoms with E-state index >= 15 is 0 Å². The first kappa shape index (κ1) is 96.5. The third-order valence-electron chi connectivity index (χ3n) is 29.3. The maximum atomic E-state index is 14.4. The Morgan fingerprint density at radius 3 is 1.24 bits per heavy atom. The second-order valence-electron chi connectivity index (χ2n) is 38.6. The molecule has 14 rings (SSSR count). The molecule has 0 aromatic heterocycles. The summed E-state index contributed by atoms with van der Waals surface area (Å²) in [6.45, 7) is 32.5. The topological polar surface area (TPSA) is 340 Å². The van der Waals surface area contributed by atoms with E-state index in [0.29, 0.717) is 117 Å². The predicted molar refractivity (Wildman–Crippen MR) is 450 cm³/mol. The fraction of sp³-hybridized carbons (Fsp3) is 0.811. The summed E-state index contributed by atoms with van der Waals surface area (Å²) >= 11 is 0. The number of carbonyl (C=O) groups excluding carboxylic acids is 2. The fourth-order valence-electron chi connectivity index (χ4n) is 21.8. The lowest BCUT2D eigenvalue weighted by Crippen LogP contribution is -2.58. The van der Waals surface area contributed by atoms with Gasteiger partial charge in [-0.25, -0.2) is 0 Å². The molecule has 10 fully saturated rings. The molecule has 6 N–H and O–H groups in total. The summed E-state index contributed by atoms with van der Waals surface area (Å²) in [5, 5.41) is 68.4. The number of allylic oxidation sites excluding steroid dienone is 4. The number of ether oxygens (including phenoxy) is 20. The number of hydrogen-bond acceptors (Lipinski definition) is 28. The Morgan fingerprint density at radius 1 is 0.472 bits per heavy atom. The highest BCUT2D eigenvalue weighted by Crippen LogP contribution is 2.52. The van der Waals surface area contributed by atoms with Crippen LogP contribution < -0.4 is 0 Å². The zero-order chi connectivity index (χ0) is 88.6. The monoisotopic (exact) mass is 1740 g/mol. The minimum Gasteiger partial charge on any atom is -0.462 e. The van der Waals surface area contributed by atoms with Crippen molar-refractivity contribution in [3.8, 4) is 0 Å². The molecule has 14 aliphatic rings. The summed E-state index contributed by atoms with van der Waals surface area (Å²) in [6.07, 6.45) is 12.1. The highest BCUT2D eigenvalue weighted by molar-refractivity contribution is 5.79. The van der Waals surface area contributed by atoms with E-state index in [1.165, 1.54) is 0 Å². The average Bonchev–Trinajstić information content (AvgIpc) is 1.61. The highest BCUT2D eigenvalue weighted by atomic mass is 16.8. The lowest BCUT2D eigenvalue weighted by Gasteiger charge is -2.51. The van der Waals surface area contributed by atoms with Gasteiger partial charge in [0.1, 0.15) is 84.1 Å². The molecule has 0 saturated carbocycles. The van der Waals surface area contributed by atoms with Crippen molar-refractivity contribution in [1.29, 1.82) is 0 Å².